The summed E-state index contributed by atoms with van der Waals surface area (Å²) in [6, 6.07) is 5.81. The Bertz CT molecular complexity index is 669. The van der Waals surface area contributed by atoms with E-state index in [2.05, 4.69) is 9.97 Å². The van der Waals surface area contributed by atoms with Gasteiger partial charge in [0.25, 0.3) is 0 Å². The van der Waals surface area contributed by atoms with Crippen LogP contribution in [-0.4, -0.2) is 15.8 Å². The summed E-state index contributed by atoms with van der Waals surface area (Å²) >= 11 is 6.18. The minimum atomic E-state index is -0.296. The quantitative estimate of drug-likeness (QED) is 0.637. The van der Waals surface area contributed by atoms with Crippen molar-refractivity contribution >= 4 is 17.4 Å². The number of rotatable bonds is 9. The second kappa shape index (κ2) is 8.94. The predicted molar refractivity (Wildman–Crippen MR) is 94.3 cm³/mol. The van der Waals surface area contributed by atoms with E-state index in [9.17, 15) is 9.18 Å². The lowest BCUT2D eigenvalue weighted by Gasteiger charge is -2.09. The van der Waals surface area contributed by atoms with Crippen molar-refractivity contribution in [3.63, 3.8) is 0 Å². The second-order valence-electron chi connectivity index (χ2n) is 5.89. The number of carbonyl (C=O) groups excluding carboxylic acids is 1. The Kier molecular flexibility index (Phi) is 6.94. The Balaban J connectivity index is 1.89. The number of nitrogens with zero attached hydrogens (tertiary/aromatic N) is 1. The van der Waals surface area contributed by atoms with Crippen LogP contribution < -0.4 is 5.73 Å². The topological polar surface area (TPSA) is 71.8 Å². The zero-order valence-electron chi connectivity index (χ0n) is 13.8. The molecule has 0 saturated heterocycles. The van der Waals surface area contributed by atoms with Crippen molar-refractivity contribution in [2.24, 2.45) is 5.73 Å². The fraction of sp³-hybridized carbons (Fsp3) is 0.444. The molecular formula is C18H23ClFN3O. The van der Waals surface area contributed by atoms with E-state index in [1.165, 1.54) is 12.1 Å². The minimum Gasteiger partial charge on any atom is -0.339 e. The van der Waals surface area contributed by atoms with Crippen molar-refractivity contribution < 1.29 is 9.18 Å². The summed E-state index contributed by atoms with van der Waals surface area (Å²) in [5, 5.41) is 0.350. The lowest BCUT2D eigenvalue weighted by Crippen LogP contribution is -2.11. The first-order valence-electron chi connectivity index (χ1n) is 8.30. The van der Waals surface area contributed by atoms with Gasteiger partial charge in [-0.1, -0.05) is 31.4 Å². The third-order valence-corrected chi connectivity index (χ3v) is 4.33. The van der Waals surface area contributed by atoms with Crippen molar-refractivity contribution in [2.75, 3.05) is 0 Å². The van der Waals surface area contributed by atoms with Crippen LogP contribution in [0.5, 0.6) is 0 Å². The number of benzene rings is 1. The summed E-state index contributed by atoms with van der Waals surface area (Å²) in [6.45, 7) is 1.89. The summed E-state index contributed by atoms with van der Waals surface area (Å²) in [7, 11) is 0. The van der Waals surface area contributed by atoms with Crippen LogP contribution >= 0.6 is 11.6 Å². The van der Waals surface area contributed by atoms with Crippen LogP contribution in [0.4, 0.5) is 4.39 Å². The molecule has 4 nitrogen and oxygen atoms in total. The van der Waals surface area contributed by atoms with E-state index in [4.69, 9.17) is 17.3 Å². The number of halogens is 2. The molecule has 1 unspecified atom stereocenters. The second-order valence-corrected chi connectivity index (χ2v) is 6.25. The molecule has 1 heterocycles. The minimum absolute atomic E-state index is 0.235. The number of H-pyrrole nitrogens is 1. The molecule has 0 radical (unpaired) electrons. The molecule has 2 aromatic rings. The lowest BCUT2D eigenvalue weighted by atomic mass is 10.0. The van der Waals surface area contributed by atoms with Crippen LogP contribution in [0, 0.1) is 5.82 Å². The SMILES string of the molecule is CCC(=O)CCCCCC(N)c1[nH]c(-c2ccc(F)cc2)nc1Cl. The van der Waals surface area contributed by atoms with Gasteiger partial charge < -0.3 is 10.7 Å². The van der Waals surface area contributed by atoms with Gasteiger partial charge in [0.2, 0.25) is 0 Å². The summed E-state index contributed by atoms with van der Waals surface area (Å²) in [5.74, 6) is 0.591. The lowest BCUT2D eigenvalue weighted by molar-refractivity contribution is -0.118. The molecule has 0 fully saturated rings. The maximum atomic E-state index is 13.0. The molecule has 0 aliphatic rings. The number of Topliss-reactive ketones (excluding diaryl/α,β-unsaturated/α-hetero) is 1. The first kappa shape index (κ1) is 18.6. The first-order chi connectivity index (χ1) is 11.5. The van der Waals surface area contributed by atoms with E-state index in [-0.39, 0.29) is 11.9 Å². The monoisotopic (exact) mass is 351 g/mol. The van der Waals surface area contributed by atoms with Gasteiger partial charge in [-0.15, -0.1) is 0 Å². The smallest absolute Gasteiger partial charge is 0.152 e. The van der Waals surface area contributed by atoms with Crippen molar-refractivity contribution in [1.29, 1.82) is 0 Å². The molecule has 1 aromatic carbocycles. The van der Waals surface area contributed by atoms with Gasteiger partial charge in [0, 0.05) is 24.4 Å². The van der Waals surface area contributed by atoms with Gasteiger partial charge >= 0.3 is 0 Å². The van der Waals surface area contributed by atoms with Crippen molar-refractivity contribution in [2.45, 2.75) is 51.5 Å². The van der Waals surface area contributed by atoms with Crippen LogP contribution in [0.15, 0.2) is 24.3 Å². The van der Waals surface area contributed by atoms with E-state index in [1.807, 2.05) is 6.92 Å². The van der Waals surface area contributed by atoms with Crippen LogP contribution in [0.2, 0.25) is 5.15 Å². The normalized spacial score (nSPS) is 12.3. The van der Waals surface area contributed by atoms with E-state index >= 15 is 0 Å². The van der Waals surface area contributed by atoms with Gasteiger partial charge in [0.1, 0.15) is 17.4 Å². The van der Waals surface area contributed by atoms with E-state index in [0.29, 0.717) is 35.3 Å². The molecule has 2 rings (SSSR count). The van der Waals surface area contributed by atoms with Gasteiger partial charge in [0.05, 0.1) is 5.69 Å². The summed E-state index contributed by atoms with van der Waals surface area (Å²) in [6.07, 6.45) is 4.82. The molecule has 0 aliphatic heterocycles. The van der Waals surface area contributed by atoms with Crippen LogP contribution in [0.1, 0.15) is 57.2 Å². The molecule has 0 spiro atoms. The Morgan fingerprint density at radius 3 is 2.67 bits per heavy atom. The Hall–Kier alpha value is -1.72. The fourth-order valence-corrected chi connectivity index (χ4v) is 2.81. The van der Waals surface area contributed by atoms with Crippen LogP contribution in [0.25, 0.3) is 11.4 Å². The first-order valence-corrected chi connectivity index (χ1v) is 8.67. The number of unbranched alkanes of at least 4 members (excludes halogenated alkanes) is 2. The molecule has 1 aromatic heterocycles. The van der Waals surface area contributed by atoms with Crippen molar-refractivity contribution in [3.8, 4) is 11.4 Å². The number of hydrogen-bond acceptors (Lipinski definition) is 3. The number of hydrogen-bond donors (Lipinski definition) is 2. The molecule has 0 bridgehead atoms. The number of nitrogens with one attached hydrogen (secondary N) is 1. The number of aromatic amines is 1. The van der Waals surface area contributed by atoms with Crippen LogP contribution in [-0.2, 0) is 4.79 Å². The fourth-order valence-electron chi connectivity index (χ4n) is 2.54. The van der Waals surface area contributed by atoms with E-state index in [1.54, 1.807) is 12.1 Å². The zero-order chi connectivity index (χ0) is 17.5. The molecule has 1 atom stereocenters. The molecule has 0 aliphatic carbocycles. The molecule has 0 saturated carbocycles. The molecule has 130 valence electrons. The number of imidazole rings is 1. The van der Waals surface area contributed by atoms with Gasteiger partial charge in [-0.05, 0) is 37.1 Å². The summed E-state index contributed by atoms with van der Waals surface area (Å²) < 4.78 is 13.0. The van der Waals surface area contributed by atoms with Crippen molar-refractivity contribution in [3.05, 3.63) is 40.9 Å². The molecule has 3 N–H and O–H groups in total. The average Bonchev–Trinajstić information content (AvgIpc) is 2.96. The Labute approximate surface area is 146 Å². The Morgan fingerprint density at radius 2 is 2.00 bits per heavy atom. The maximum Gasteiger partial charge on any atom is 0.152 e. The highest BCUT2D eigenvalue weighted by molar-refractivity contribution is 6.30. The molecular weight excluding hydrogens is 329 g/mol. The van der Waals surface area contributed by atoms with Crippen LogP contribution in [0.3, 0.4) is 0 Å². The molecule has 6 heteroatoms. The largest absolute Gasteiger partial charge is 0.339 e. The van der Waals surface area contributed by atoms with E-state index < -0.39 is 0 Å². The number of nitrogens with two attached hydrogens (primary N) is 1. The average molecular weight is 352 g/mol. The van der Waals surface area contributed by atoms with E-state index in [0.717, 1.165) is 31.2 Å². The van der Waals surface area contributed by atoms with Crippen molar-refractivity contribution in [1.82, 2.24) is 9.97 Å². The highest BCUT2D eigenvalue weighted by Crippen LogP contribution is 2.27. The third kappa shape index (κ3) is 5.14. The van der Waals surface area contributed by atoms with Gasteiger partial charge in [-0.3, -0.25) is 4.79 Å². The molecule has 0 amide bonds. The predicted octanol–water partition coefficient (Wildman–Crippen LogP) is 4.80. The standard InChI is InChI=1S/C18H23ClFN3O/c1-2-14(24)6-4-3-5-7-15(21)16-17(19)23-18(22-16)12-8-10-13(20)11-9-12/h8-11,15H,2-7,21H2,1H3,(H,22,23). The molecule has 24 heavy (non-hydrogen) atoms. The Morgan fingerprint density at radius 1 is 1.29 bits per heavy atom. The van der Waals surface area contributed by atoms with Gasteiger partial charge in [-0.25, -0.2) is 9.37 Å². The summed E-state index contributed by atoms with van der Waals surface area (Å²) in [4.78, 5) is 18.7. The highest BCUT2D eigenvalue weighted by atomic mass is 35.5. The maximum absolute atomic E-state index is 13.0. The number of ketones is 1. The number of aromatic nitrogens is 2. The zero-order valence-corrected chi connectivity index (χ0v) is 14.6. The highest BCUT2D eigenvalue weighted by Gasteiger charge is 2.16. The summed E-state index contributed by atoms with van der Waals surface area (Å²) in [5.41, 5.74) is 7.65. The van der Waals surface area contributed by atoms with Gasteiger partial charge in [0.15, 0.2) is 5.15 Å². The number of carbonyl (C=O) groups is 1. The third-order valence-electron chi connectivity index (χ3n) is 4.04. The van der Waals surface area contributed by atoms with Gasteiger partial charge in [-0.2, -0.15) is 0 Å².